The molecule has 2 aliphatic rings. The number of carbonyl (C=O) groups excluding carboxylic acids is 1. The van der Waals surface area contributed by atoms with Gasteiger partial charge in [-0.05, 0) is 30.7 Å². The second-order valence-electron chi connectivity index (χ2n) is 6.63. The minimum atomic E-state index is -0.0185. The van der Waals surface area contributed by atoms with Crippen molar-refractivity contribution >= 4 is 5.91 Å². The summed E-state index contributed by atoms with van der Waals surface area (Å²) in [6.45, 7) is 4.20. The number of hydrogen-bond acceptors (Lipinski definition) is 5. The van der Waals surface area contributed by atoms with Gasteiger partial charge in [-0.3, -0.25) is 14.8 Å². The van der Waals surface area contributed by atoms with Crippen LogP contribution < -0.4 is 0 Å². The van der Waals surface area contributed by atoms with E-state index < -0.39 is 0 Å². The Morgan fingerprint density at radius 2 is 2.24 bits per heavy atom. The SMILES string of the molecule is Cc1ccc(C(=O)N2C[C@H](OCc3cccnc3)[C@H]3COC[C@H]32)cn1. The number of likely N-dealkylation sites (tertiary alicyclic amines) is 1. The molecule has 0 radical (unpaired) electrons. The van der Waals surface area contributed by atoms with E-state index in [1.165, 1.54) is 0 Å². The topological polar surface area (TPSA) is 64.6 Å². The number of fused-ring (bicyclic) bond motifs is 1. The summed E-state index contributed by atoms with van der Waals surface area (Å²) >= 11 is 0. The van der Waals surface area contributed by atoms with Crippen LogP contribution in [0.1, 0.15) is 21.6 Å². The first-order valence-corrected chi connectivity index (χ1v) is 8.54. The second kappa shape index (κ2) is 6.90. The third kappa shape index (κ3) is 3.27. The molecule has 1 amide bonds. The Labute approximate surface area is 146 Å². The summed E-state index contributed by atoms with van der Waals surface area (Å²) < 4.78 is 11.7. The van der Waals surface area contributed by atoms with Crippen LogP contribution >= 0.6 is 0 Å². The minimum absolute atomic E-state index is 0.000442. The maximum Gasteiger partial charge on any atom is 0.255 e. The van der Waals surface area contributed by atoms with E-state index in [9.17, 15) is 4.79 Å². The molecule has 0 N–H and O–H groups in total. The Balaban J connectivity index is 1.46. The minimum Gasteiger partial charge on any atom is -0.379 e. The van der Waals surface area contributed by atoms with E-state index in [0.717, 1.165) is 11.3 Å². The predicted molar refractivity (Wildman–Crippen MR) is 90.9 cm³/mol. The molecule has 0 unspecified atom stereocenters. The fourth-order valence-electron chi connectivity index (χ4n) is 3.56. The zero-order chi connectivity index (χ0) is 17.2. The standard InChI is InChI=1S/C19H21N3O3/c1-13-4-5-15(8-21-13)19(23)22-9-18(16-11-24-12-17(16)22)25-10-14-3-2-6-20-7-14/h2-8,16-18H,9-12H2,1H3/t16-,17+,18-/m0/s1. The highest BCUT2D eigenvalue weighted by atomic mass is 16.5. The molecule has 3 atom stereocenters. The second-order valence-corrected chi connectivity index (χ2v) is 6.63. The molecule has 2 aromatic heterocycles. The fourth-order valence-corrected chi connectivity index (χ4v) is 3.56. The van der Waals surface area contributed by atoms with Gasteiger partial charge in [-0.2, -0.15) is 0 Å². The van der Waals surface area contributed by atoms with E-state index in [4.69, 9.17) is 9.47 Å². The summed E-state index contributed by atoms with van der Waals surface area (Å²) in [7, 11) is 0. The summed E-state index contributed by atoms with van der Waals surface area (Å²) in [5, 5.41) is 0. The maximum atomic E-state index is 12.9. The van der Waals surface area contributed by atoms with Crippen molar-refractivity contribution in [3.8, 4) is 0 Å². The van der Waals surface area contributed by atoms with Crippen molar-refractivity contribution in [2.45, 2.75) is 25.7 Å². The highest BCUT2D eigenvalue weighted by Gasteiger charge is 2.48. The first-order chi connectivity index (χ1) is 12.2. The average Bonchev–Trinajstić information content (AvgIpc) is 3.24. The van der Waals surface area contributed by atoms with Crippen molar-refractivity contribution in [3.05, 3.63) is 59.7 Å². The smallest absolute Gasteiger partial charge is 0.255 e. The number of aryl methyl sites for hydroxylation is 1. The molecule has 2 aliphatic heterocycles. The van der Waals surface area contributed by atoms with Gasteiger partial charge >= 0.3 is 0 Å². The van der Waals surface area contributed by atoms with Gasteiger partial charge in [0.05, 0.1) is 37.5 Å². The van der Waals surface area contributed by atoms with Crippen molar-refractivity contribution < 1.29 is 14.3 Å². The van der Waals surface area contributed by atoms with Gasteiger partial charge < -0.3 is 14.4 Å². The van der Waals surface area contributed by atoms with E-state index in [2.05, 4.69) is 9.97 Å². The van der Waals surface area contributed by atoms with Crippen LogP contribution in [0, 0.1) is 12.8 Å². The molecule has 2 fully saturated rings. The number of hydrogen-bond donors (Lipinski definition) is 0. The Hall–Kier alpha value is -2.31. The fraction of sp³-hybridized carbons (Fsp3) is 0.421. The van der Waals surface area contributed by atoms with Crippen molar-refractivity contribution in [3.63, 3.8) is 0 Å². The van der Waals surface area contributed by atoms with Gasteiger partial charge in [0.2, 0.25) is 0 Å². The lowest BCUT2D eigenvalue weighted by atomic mass is 10.0. The zero-order valence-electron chi connectivity index (χ0n) is 14.2. The Kier molecular flexibility index (Phi) is 4.46. The summed E-state index contributed by atoms with van der Waals surface area (Å²) in [5.41, 5.74) is 2.55. The van der Waals surface area contributed by atoms with Gasteiger partial charge in [0.15, 0.2) is 0 Å². The molecule has 6 heteroatoms. The lowest BCUT2D eigenvalue weighted by Crippen LogP contribution is -2.38. The van der Waals surface area contributed by atoms with Gasteiger partial charge in [-0.1, -0.05) is 6.07 Å². The lowest BCUT2D eigenvalue weighted by Gasteiger charge is -2.22. The van der Waals surface area contributed by atoms with Crippen LogP contribution in [0.5, 0.6) is 0 Å². The van der Waals surface area contributed by atoms with Crippen molar-refractivity contribution in [1.29, 1.82) is 0 Å². The number of amides is 1. The highest BCUT2D eigenvalue weighted by Crippen LogP contribution is 2.33. The highest BCUT2D eigenvalue weighted by molar-refractivity contribution is 5.94. The number of aromatic nitrogens is 2. The van der Waals surface area contributed by atoms with Gasteiger partial charge in [-0.25, -0.2) is 0 Å². The molecule has 0 aromatic carbocycles. The molecule has 6 nitrogen and oxygen atoms in total. The molecule has 0 spiro atoms. The predicted octanol–water partition coefficient (Wildman–Crippen LogP) is 1.84. The van der Waals surface area contributed by atoms with Crippen molar-refractivity contribution in [2.75, 3.05) is 19.8 Å². The first kappa shape index (κ1) is 16.2. The van der Waals surface area contributed by atoms with E-state index in [0.29, 0.717) is 31.9 Å². The average molecular weight is 339 g/mol. The lowest BCUT2D eigenvalue weighted by molar-refractivity contribution is 0.00925. The maximum absolute atomic E-state index is 12.9. The van der Waals surface area contributed by atoms with Gasteiger partial charge in [-0.15, -0.1) is 0 Å². The summed E-state index contributed by atoms with van der Waals surface area (Å²) in [4.78, 5) is 23.1. The summed E-state index contributed by atoms with van der Waals surface area (Å²) in [5.74, 6) is 0.222. The normalized spacial score (nSPS) is 25.2. The molecule has 25 heavy (non-hydrogen) atoms. The summed E-state index contributed by atoms with van der Waals surface area (Å²) in [6, 6.07) is 7.66. The van der Waals surface area contributed by atoms with E-state index >= 15 is 0 Å². The van der Waals surface area contributed by atoms with E-state index in [1.807, 2.05) is 36.1 Å². The number of nitrogens with zero attached hydrogens (tertiary/aromatic N) is 3. The number of carbonyl (C=O) groups is 1. The van der Waals surface area contributed by atoms with Gasteiger partial charge in [0.1, 0.15) is 0 Å². The molecular weight excluding hydrogens is 318 g/mol. The van der Waals surface area contributed by atoms with E-state index in [1.54, 1.807) is 18.6 Å². The number of ether oxygens (including phenoxy) is 2. The Bertz CT molecular complexity index is 735. The van der Waals surface area contributed by atoms with Crippen LogP contribution in [0.3, 0.4) is 0 Å². The zero-order valence-corrected chi connectivity index (χ0v) is 14.2. The Morgan fingerprint density at radius 3 is 3.00 bits per heavy atom. The van der Waals surface area contributed by atoms with Crippen LogP contribution in [0.4, 0.5) is 0 Å². The Morgan fingerprint density at radius 1 is 1.32 bits per heavy atom. The molecule has 4 heterocycles. The van der Waals surface area contributed by atoms with Crippen LogP contribution in [0.25, 0.3) is 0 Å². The quantitative estimate of drug-likeness (QED) is 0.850. The van der Waals surface area contributed by atoms with Crippen molar-refractivity contribution in [2.24, 2.45) is 5.92 Å². The van der Waals surface area contributed by atoms with Crippen LogP contribution in [-0.2, 0) is 16.1 Å². The third-order valence-electron chi connectivity index (χ3n) is 4.95. The molecule has 2 aromatic rings. The first-order valence-electron chi connectivity index (χ1n) is 8.54. The van der Waals surface area contributed by atoms with Gasteiger partial charge in [0.25, 0.3) is 5.91 Å². The molecule has 130 valence electrons. The molecule has 4 rings (SSSR count). The number of rotatable bonds is 4. The van der Waals surface area contributed by atoms with Gasteiger partial charge in [0, 0.05) is 36.7 Å². The largest absolute Gasteiger partial charge is 0.379 e. The third-order valence-corrected chi connectivity index (χ3v) is 4.95. The molecular formula is C19H21N3O3. The van der Waals surface area contributed by atoms with Crippen LogP contribution in [-0.4, -0.2) is 52.7 Å². The molecule has 0 saturated carbocycles. The van der Waals surface area contributed by atoms with Crippen LogP contribution in [0.2, 0.25) is 0 Å². The van der Waals surface area contributed by atoms with Crippen LogP contribution in [0.15, 0.2) is 42.9 Å². The van der Waals surface area contributed by atoms with Crippen molar-refractivity contribution in [1.82, 2.24) is 14.9 Å². The number of pyridine rings is 2. The monoisotopic (exact) mass is 339 g/mol. The molecule has 0 aliphatic carbocycles. The van der Waals surface area contributed by atoms with E-state index in [-0.39, 0.29) is 24.0 Å². The molecule has 2 saturated heterocycles. The summed E-state index contributed by atoms with van der Waals surface area (Å²) in [6.07, 6.45) is 5.18. The molecule has 0 bridgehead atoms.